The highest BCUT2D eigenvalue weighted by molar-refractivity contribution is 6.21. The van der Waals surface area contributed by atoms with Crippen molar-refractivity contribution >= 4 is 23.4 Å². The van der Waals surface area contributed by atoms with Gasteiger partial charge in [-0.3, -0.25) is 25.1 Å². The maximum absolute atomic E-state index is 14.9. The van der Waals surface area contributed by atoms with E-state index in [9.17, 15) is 34.4 Å². The highest BCUT2D eigenvalue weighted by Crippen LogP contribution is 2.26. The van der Waals surface area contributed by atoms with Gasteiger partial charge in [0.05, 0.1) is 50.2 Å². The molecule has 3 fully saturated rings. The molecule has 44 heavy (non-hydrogen) atoms. The molecule has 3 heterocycles. The average molecular weight is 644 g/mol. The third kappa shape index (κ3) is 9.00. The Bertz CT molecular complexity index is 1090. The molecule has 2 amide bonds. The molecule has 248 valence electrons. The molecular weight excluding hydrogens is 597 g/mol. The van der Waals surface area contributed by atoms with E-state index in [2.05, 4.69) is 20.9 Å². The van der Waals surface area contributed by atoms with Gasteiger partial charge in [0.2, 0.25) is 5.91 Å². The lowest BCUT2D eigenvalue weighted by atomic mass is 9.90. The lowest BCUT2D eigenvalue weighted by Crippen LogP contribution is -2.62. The van der Waals surface area contributed by atoms with Gasteiger partial charge in [-0.05, 0) is 43.2 Å². The van der Waals surface area contributed by atoms with E-state index in [1.54, 1.807) is 6.07 Å². The van der Waals surface area contributed by atoms with Gasteiger partial charge >= 0.3 is 0 Å². The first-order valence-electron chi connectivity index (χ1n) is 15.5. The monoisotopic (exact) mass is 643 g/mol. The minimum absolute atomic E-state index is 0.0206. The number of benzene rings is 1. The van der Waals surface area contributed by atoms with Crippen LogP contribution in [0.2, 0.25) is 0 Å². The molecule has 1 aromatic carbocycles. The molecule has 1 unspecified atom stereocenters. The normalized spacial score (nSPS) is 25.3. The Labute approximate surface area is 262 Å². The topological polar surface area (TPSA) is 167 Å². The lowest BCUT2D eigenvalue weighted by molar-refractivity contribution is -0.141. The molecule has 0 aromatic heterocycles. The molecular formula is C30H47ClFN5O7. The number of carbonyl (C=O) groups excluding carboxylic acids is 2. The fraction of sp³-hybridized carbons (Fsp3) is 0.733. The van der Waals surface area contributed by atoms with Gasteiger partial charge in [-0.25, -0.2) is 4.39 Å². The van der Waals surface area contributed by atoms with Crippen molar-refractivity contribution in [3.63, 3.8) is 0 Å². The Hall–Kier alpha value is -2.10. The number of β-amino-alcohol motifs (C(OH)–C–C–N with tert-alkyl or cyclic N) is 1. The van der Waals surface area contributed by atoms with Crippen LogP contribution in [0.15, 0.2) is 18.2 Å². The Morgan fingerprint density at radius 2 is 1.80 bits per heavy atom. The summed E-state index contributed by atoms with van der Waals surface area (Å²) in [6.45, 7) is 2.05. The van der Waals surface area contributed by atoms with E-state index in [4.69, 9.17) is 16.3 Å². The van der Waals surface area contributed by atoms with Gasteiger partial charge in [0.25, 0.3) is 5.91 Å². The van der Waals surface area contributed by atoms with Crippen LogP contribution in [0.5, 0.6) is 5.75 Å². The number of rotatable bonds is 14. The number of aliphatic hydroxyl groups excluding tert-OH is 3. The summed E-state index contributed by atoms with van der Waals surface area (Å²) in [5, 5.41) is 48.6. The molecule has 7 N–H and O–H groups in total. The van der Waals surface area contributed by atoms with Crippen molar-refractivity contribution in [2.75, 3.05) is 72.2 Å². The zero-order valence-electron chi connectivity index (χ0n) is 25.1. The van der Waals surface area contributed by atoms with Crippen LogP contribution in [0.3, 0.4) is 0 Å². The van der Waals surface area contributed by atoms with Crippen molar-refractivity contribution in [3.8, 4) is 5.75 Å². The molecule has 1 atom stereocenters. The molecule has 1 aromatic rings. The second-order valence-corrected chi connectivity index (χ2v) is 13.1. The molecule has 12 nitrogen and oxygen atoms in total. The number of hydrogen-bond donors (Lipinski definition) is 7. The van der Waals surface area contributed by atoms with E-state index < -0.39 is 48.5 Å². The number of halogens is 2. The molecule has 0 saturated carbocycles. The summed E-state index contributed by atoms with van der Waals surface area (Å²) in [5.74, 6) is -0.730. The highest BCUT2D eigenvalue weighted by Gasteiger charge is 2.45. The summed E-state index contributed by atoms with van der Waals surface area (Å²) < 4.78 is 20.6. The van der Waals surface area contributed by atoms with Crippen LogP contribution in [0.1, 0.15) is 37.7 Å². The van der Waals surface area contributed by atoms with E-state index in [0.29, 0.717) is 18.3 Å². The largest absolute Gasteiger partial charge is 0.493 e. The number of nitrogens with one attached hydrogen (secondary N) is 3. The molecule has 3 aliphatic rings. The number of ether oxygens (including phenoxy) is 1. The number of carbonyl (C=O) groups is 2. The predicted octanol–water partition coefficient (Wildman–Crippen LogP) is -0.634. The Morgan fingerprint density at radius 3 is 2.43 bits per heavy atom. The molecule has 3 aliphatic heterocycles. The van der Waals surface area contributed by atoms with E-state index in [0.717, 1.165) is 51.9 Å². The summed E-state index contributed by atoms with van der Waals surface area (Å²) in [6.07, 6.45) is 4.10. The van der Waals surface area contributed by atoms with Gasteiger partial charge in [0, 0.05) is 51.8 Å². The second-order valence-electron chi connectivity index (χ2n) is 12.5. The average Bonchev–Trinajstić information content (AvgIpc) is 3.45. The zero-order valence-corrected chi connectivity index (χ0v) is 25.9. The second kappa shape index (κ2) is 15.9. The Balaban J connectivity index is 1.15. The summed E-state index contributed by atoms with van der Waals surface area (Å²) in [5.41, 5.74) is -3.00. The fourth-order valence-corrected chi connectivity index (χ4v) is 6.10. The van der Waals surface area contributed by atoms with Crippen LogP contribution in [0.4, 0.5) is 4.39 Å². The van der Waals surface area contributed by atoms with Gasteiger partial charge in [0.15, 0.2) is 5.60 Å². The lowest BCUT2D eigenvalue weighted by Gasteiger charge is -2.41. The van der Waals surface area contributed by atoms with Crippen LogP contribution < -0.4 is 20.7 Å². The van der Waals surface area contributed by atoms with Crippen molar-refractivity contribution in [1.29, 1.82) is 0 Å². The molecule has 0 spiro atoms. The Morgan fingerprint density at radius 1 is 1.11 bits per heavy atom. The van der Waals surface area contributed by atoms with E-state index in [1.807, 2.05) is 0 Å². The first-order valence-corrected chi connectivity index (χ1v) is 15.9. The number of aliphatic hydroxyl groups is 4. The van der Waals surface area contributed by atoms with Gasteiger partial charge in [0.1, 0.15) is 17.9 Å². The van der Waals surface area contributed by atoms with Crippen molar-refractivity contribution in [1.82, 2.24) is 25.8 Å². The fourth-order valence-electron chi connectivity index (χ4n) is 5.92. The third-order valence-electron chi connectivity index (χ3n) is 9.12. The number of likely N-dealkylation sites (tertiary alicyclic amines) is 2. The van der Waals surface area contributed by atoms with E-state index in [-0.39, 0.29) is 49.7 Å². The molecule has 0 bridgehead atoms. The smallest absolute Gasteiger partial charge is 0.253 e. The number of piperidine rings is 1. The molecule has 14 heteroatoms. The van der Waals surface area contributed by atoms with Gasteiger partial charge in [-0.1, -0.05) is 6.07 Å². The number of amides is 2. The highest BCUT2D eigenvalue weighted by atomic mass is 35.5. The molecule has 3 saturated heterocycles. The third-order valence-corrected chi connectivity index (χ3v) is 9.43. The van der Waals surface area contributed by atoms with Crippen LogP contribution in [0, 0.1) is 17.2 Å². The van der Waals surface area contributed by atoms with Crippen molar-refractivity contribution in [2.24, 2.45) is 11.3 Å². The quantitative estimate of drug-likeness (QED) is 0.102. The standard InChI is InChI=1S/C30H47ClFN5O7/c31-23-14-33-28(34-15-23)36-8-5-21(6-9-36)2-1-11-44-24-4-3-22(25(32)13-24)12-26(41)37-10-7-30(43,17-37)27(42)35-16-29(18-38,19-39)20-40/h3-4,13,21,23,28,33-34,38-40,43H,1-2,5-12,14-20H2,(H,35,42). The number of hydrogen-bond acceptors (Lipinski definition) is 10. The van der Waals surface area contributed by atoms with Crippen molar-refractivity contribution in [3.05, 3.63) is 29.6 Å². The summed E-state index contributed by atoms with van der Waals surface area (Å²) >= 11 is 6.14. The SMILES string of the molecule is O=C(Cc1ccc(OCCCC2CCN(C3NCC(Cl)CN3)CC2)cc1F)N1CCC(O)(C(=O)NCC(CO)(CO)CO)C1. The molecule has 0 radical (unpaired) electrons. The summed E-state index contributed by atoms with van der Waals surface area (Å²) in [4.78, 5) is 29.2. The van der Waals surface area contributed by atoms with Crippen LogP contribution in [-0.4, -0.2) is 132 Å². The number of nitrogens with zero attached hydrogens (tertiary/aromatic N) is 2. The van der Waals surface area contributed by atoms with Crippen LogP contribution in [0.25, 0.3) is 0 Å². The maximum Gasteiger partial charge on any atom is 0.253 e. The van der Waals surface area contributed by atoms with Gasteiger partial charge < -0.3 is 35.4 Å². The van der Waals surface area contributed by atoms with Crippen LogP contribution >= 0.6 is 11.6 Å². The van der Waals surface area contributed by atoms with E-state index in [1.165, 1.54) is 17.0 Å². The summed E-state index contributed by atoms with van der Waals surface area (Å²) in [7, 11) is 0. The predicted molar refractivity (Wildman–Crippen MR) is 161 cm³/mol. The first-order chi connectivity index (χ1) is 21.1. The minimum Gasteiger partial charge on any atom is -0.493 e. The van der Waals surface area contributed by atoms with Gasteiger partial charge in [-0.2, -0.15) is 0 Å². The maximum atomic E-state index is 14.9. The van der Waals surface area contributed by atoms with Crippen LogP contribution in [-0.2, 0) is 16.0 Å². The molecule has 0 aliphatic carbocycles. The number of alkyl halides is 1. The summed E-state index contributed by atoms with van der Waals surface area (Å²) in [6, 6.07) is 4.44. The van der Waals surface area contributed by atoms with Gasteiger partial charge in [-0.15, -0.1) is 11.6 Å². The first kappa shape index (κ1) is 34.8. The molecule has 4 rings (SSSR count). The van der Waals surface area contributed by atoms with Crippen molar-refractivity contribution in [2.45, 2.75) is 55.8 Å². The van der Waals surface area contributed by atoms with E-state index >= 15 is 0 Å². The van der Waals surface area contributed by atoms with Crippen molar-refractivity contribution < 1.29 is 39.1 Å². The minimum atomic E-state index is -1.87. The Kier molecular flexibility index (Phi) is 12.6. The zero-order chi connectivity index (χ0) is 31.7.